The first-order valence-electron chi connectivity index (χ1n) is 10.2. The van der Waals surface area contributed by atoms with Crippen LogP contribution in [0.15, 0.2) is 58.7 Å². The van der Waals surface area contributed by atoms with Crippen molar-refractivity contribution in [3.63, 3.8) is 0 Å². The van der Waals surface area contributed by atoms with E-state index in [9.17, 15) is 0 Å². The molecule has 1 atom stereocenters. The molecule has 0 N–H and O–H groups in total. The lowest BCUT2D eigenvalue weighted by Crippen LogP contribution is -2.01. The summed E-state index contributed by atoms with van der Waals surface area (Å²) in [7, 11) is 0. The van der Waals surface area contributed by atoms with Crippen LogP contribution in [0, 0.1) is 5.92 Å². The summed E-state index contributed by atoms with van der Waals surface area (Å²) in [6.07, 6.45) is 20.5. The second-order valence-electron chi connectivity index (χ2n) is 8.14. The first kappa shape index (κ1) is 21.7. The van der Waals surface area contributed by atoms with Crippen molar-refractivity contribution in [2.75, 3.05) is 0 Å². The molecule has 25 heavy (non-hydrogen) atoms. The summed E-state index contributed by atoms with van der Waals surface area (Å²) >= 11 is 0. The van der Waals surface area contributed by atoms with Crippen molar-refractivity contribution >= 4 is 0 Å². The van der Waals surface area contributed by atoms with Crippen molar-refractivity contribution in [3.8, 4) is 0 Å². The van der Waals surface area contributed by atoms with Crippen LogP contribution in [-0.4, -0.2) is 0 Å². The molecule has 0 fully saturated rings. The third-order valence-electron chi connectivity index (χ3n) is 5.43. The predicted octanol–water partition coefficient (Wildman–Crippen LogP) is 8.49. The molecule has 0 aromatic rings. The van der Waals surface area contributed by atoms with Gasteiger partial charge in [0.2, 0.25) is 0 Å². The minimum absolute atomic E-state index is 0.621. The molecule has 0 spiro atoms. The summed E-state index contributed by atoms with van der Waals surface area (Å²) < 4.78 is 0. The molecule has 0 heteroatoms. The van der Waals surface area contributed by atoms with Crippen LogP contribution in [0.5, 0.6) is 0 Å². The first-order valence-corrected chi connectivity index (χ1v) is 10.2. The zero-order chi connectivity index (χ0) is 18.7. The number of hydrogen-bond acceptors (Lipinski definition) is 0. The average molecular weight is 341 g/mol. The van der Waals surface area contributed by atoms with Gasteiger partial charge in [-0.2, -0.15) is 0 Å². The fourth-order valence-electron chi connectivity index (χ4n) is 3.36. The SMILES string of the molecule is C=C(C)[C@@H]1C/C=C(\C)CC/C=C(\C)CC/C=C(\C)CC/C=C(\C)CC1. The third kappa shape index (κ3) is 10.3. The van der Waals surface area contributed by atoms with Gasteiger partial charge < -0.3 is 0 Å². The molecule has 1 aliphatic carbocycles. The second kappa shape index (κ2) is 12.1. The van der Waals surface area contributed by atoms with Gasteiger partial charge in [0.1, 0.15) is 0 Å². The Morgan fingerprint density at radius 1 is 0.720 bits per heavy atom. The highest BCUT2D eigenvalue weighted by Crippen LogP contribution is 2.24. The molecule has 0 heterocycles. The van der Waals surface area contributed by atoms with Crippen LogP contribution in [0.2, 0.25) is 0 Å². The number of allylic oxidation sites excluding steroid dienone is 9. The van der Waals surface area contributed by atoms with Gasteiger partial charge in [-0.3, -0.25) is 0 Å². The van der Waals surface area contributed by atoms with Crippen LogP contribution in [0.25, 0.3) is 0 Å². The summed E-state index contributed by atoms with van der Waals surface area (Å²) in [4.78, 5) is 0. The fourth-order valence-corrected chi connectivity index (χ4v) is 3.36. The van der Waals surface area contributed by atoms with E-state index in [1.54, 1.807) is 5.57 Å². The Morgan fingerprint density at radius 2 is 1.12 bits per heavy atom. The summed E-state index contributed by atoms with van der Waals surface area (Å²) in [6.45, 7) is 15.6. The normalized spacial score (nSPS) is 31.0. The van der Waals surface area contributed by atoms with E-state index in [2.05, 4.69) is 65.5 Å². The summed E-state index contributed by atoms with van der Waals surface area (Å²) in [5.41, 5.74) is 7.48. The van der Waals surface area contributed by atoms with Gasteiger partial charge >= 0.3 is 0 Å². The van der Waals surface area contributed by atoms with E-state index >= 15 is 0 Å². The molecule has 0 aliphatic heterocycles. The lowest BCUT2D eigenvalue weighted by atomic mass is 9.90. The minimum Gasteiger partial charge on any atom is -0.0998 e. The van der Waals surface area contributed by atoms with E-state index in [1.807, 2.05) is 0 Å². The van der Waals surface area contributed by atoms with Crippen molar-refractivity contribution in [1.82, 2.24) is 0 Å². The lowest BCUT2D eigenvalue weighted by molar-refractivity contribution is 0.564. The zero-order valence-electron chi connectivity index (χ0n) is 17.5. The van der Waals surface area contributed by atoms with Crippen LogP contribution < -0.4 is 0 Å². The molecule has 1 rings (SSSR count). The summed E-state index contributed by atoms with van der Waals surface area (Å²) in [5.74, 6) is 0.621. The Morgan fingerprint density at radius 3 is 1.56 bits per heavy atom. The van der Waals surface area contributed by atoms with Crippen LogP contribution in [0.1, 0.15) is 92.4 Å². The topological polar surface area (TPSA) is 0 Å². The van der Waals surface area contributed by atoms with E-state index in [1.165, 1.54) is 73.7 Å². The van der Waals surface area contributed by atoms with Crippen molar-refractivity contribution in [3.05, 3.63) is 58.7 Å². The van der Waals surface area contributed by atoms with Gasteiger partial charge in [-0.15, -0.1) is 0 Å². The van der Waals surface area contributed by atoms with Crippen LogP contribution in [0.3, 0.4) is 0 Å². The highest BCUT2D eigenvalue weighted by molar-refractivity contribution is 5.10. The minimum atomic E-state index is 0.621. The van der Waals surface area contributed by atoms with Crippen molar-refractivity contribution in [2.45, 2.75) is 92.4 Å². The molecule has 0 nitrogen and oxygen atoms in total. The van der Waals surface area contributed by atoms with Gasteiger partial charge in [0.25, 0.3) is 0 Å². The van der Waals surface area contributed by atoms with E-state index in [0.29, 0.717) is 5.92 Å². The van der Waals surface area contributed by atoms with Crippen LogP contribution in [-0.2, 0) is 0 Å². The van der Waals surface area contributed by atoms with Gasteiger partial charge in [0.05, 0.1) is 0 Å². The molecule has 0 amide bonds. The van der Waals surface area contributed by atoms with Gasteiger partial charge in [-0.05, 0) is 98.3 Å². The first-order chi connectivity index (χ1) is 11.9. The molecule has 0 saturated heterocycles. The second-order valence-corrected chi connectivity index (χ2v) is 8.14. The highest BCUT2D eigenvalue weighted by atomic mass is 14.1. The highest BCUT2D eigenvalue weighted by Gasteiger charge is 2.08. The molecule has 0 aromatic carbocycles. The quantitative estimate of drug-likeness (QED) is 0.420. The molecular weight excluding hydrogens is 300 g/mol. The van der Waals surface area contributed by atoms with Gasteiger partial charge in [-0.25, -0.2) is 0 Å². The maximum atomic E-state index is 4.24. The average Bonchev–Trinajstić information content (AvgIpc) is 2.53. The number of hydrogen-bond donors (Lipinski definition) is 0. The lowest BCUT2D eigenvalue weighted by Gasteiger charge is -2.16. The standard InChI is InChI=1S/C25H40/c1-20(2)25-18-16-23(5)14-8-12-21(3)10-7-11-22(4)13-9-15-24(6)17-19-25/h10,13-14,17,25H,1,7-9,11-12,15-16,18-19H2,2-6H3/b21-10+,22-13+,23-14+,24-17+/t25-/m0/s1. The molecule has 0 saturated carbocycles. The fraction of sp³-hybridized carbons (Fsp3) is 0.600. The predicted molar refractivity (Wildman–Crippen MR) is 115 cm³/mol. The van der Waals surface area contributed by atoms with Crippen molar-refractivity contribution in [1.29, 1.82) is 0 Å². The van der Waals surface area contributed by atoms with E-state index in [-0.39, 0.29) is 0 Å². The summed E-state index contributed by atoms with van der Waals surface area (Å²) in [5, 5.41) is 0. The van der Waals surface area contributed by atoms with Crippen LogP contribution >= 0.6 is 0 Å². The largest absolute Gasteiger partial charge is 0.0998 e. The molecule has 0 aromatic heterocycles. The number of rotatable bonds is 1. The monoisotopic (exact) mass is 340 g/mol. The molecule has 0 radical (unpaired) electrons. The smallest absolute Gasteiger partial charge is 0.0171 e. The van der Waals surface area contributed by atoms with E-state index in [4.69, 9.17) is 0 Å². The van der Waals surface area contributed by atoms with Crippen molar-refractivity contribution < 1.29 is 0 Å². The Balaban J connectivity index is 2.81. The maximum Gasteiger partial charge on any atom is -0.0171 e. The Kier molecular flexibility index (Phi) is 10.5. The van der Waals surface area contributed by atoms with Gasteiger partial charge in [-0.1, -0.05) is 58.7 Å². The Labute approximate surface area is 157 Å². The molecule has 0 unspecified atom stereocenters. The zero-order valence-corrected chi connectivity index (χ0v) is 17.5. The van der Waals surface area contributed by atoms with E-state index < -0.39 is 0 Å². The molecule has 0 bridgehead atoms. The van der Waals surface area contributed by atoms with Crippen molar-refractivity contribution in [2.24, 2.45) is 5.92 Å². The van der Waals surface area contributed by atoms with Gasteiger partial charge in [0, 0.05) is 0 Å². The summed E-state index contributed by atoms with van der Waals surface area (Å²) in [6, 6.07) is 0. The van der Waals surface area contributed by atoms with Gasteiger partial charge in [0.15, 0.2) is 0 Å². The molecule has 140 valence electrons. The molecule has 1 aliphatic rings. The maximum absolute atomic E-state index is 4.24. The third-order valence-corrected chi connectivity index (χ3v) is 5.43. The van der Waals surface area contributed by atoms with Crippen LogP contribution in [0.4, 0.5) is 0 Å². The van der Waals surface area contributed by atoms with E-state index in [0.717, 1.165) is 6.42 Å². The Bertz CT molecular complexity index is 536. The molecular formula is C25H40. The Hall–Kier alpha value is -1.30.